The second-order valence-electron chi connectivity index (χ2n) is 8.42. The molecule has 0 saturated carbocycles. The van der Waals surface area contributed by atoms with Gasteiger partial charge in [0.15, 0.2) is 0 Å². The van der Waals surface area contributed by atoms with E-state index >= 15 is 0 Å². The number of nitrogens with zero attached hydrogens (tertiary/aromatic N) is 4. The Morgan fingerprint density at radius 3 is 2.64 bits per heavy atom. The Hall–Kier alpha value is -2.93. The molecule has 1 aromatic heterocycles. The summed E-state index contributed by atoms with van der Waals surface area (Å²) in [6.45, 7) is 6.51. The van der Waals surface area contributed by atoms with Gasteiger partial charge < -0.3 is 24.8 Å². The van der Waals surface area contributed by atoms with E-state index < -0.39 is 0 Å². The summed E-state index contributed by atoms with van der Waals surface area (Å²) in [6, 6.07) is 11.1. The minimum absolute atomic E-state index is 0.248. The predicted octanol–water partition coefficient (Wildman–Crippen LogP) is 3.00. The minimum atomic E-state index is -0.319. The molecule has 1 saturated heterocycles. The van der Waals surface area contributed by atoms with Crippen LogP contribution in [0.1, 0.15) is 32.8 Å². The maximum Gasteiger partial charge on any atom is 0.410 e. The lowest BCUT2D eigenvalue weighted by molar-refractivity contribution is 0.0894. The van der Waals surface area contributed by atoms with Crippen molar-refractivity contribution in [2.45, 2.75) is 19.4 Å². The molecule has 2 aliphatic rings. The van der Waals surface area contributed by atoms with Crippen LogP contribution in [0.3, 0.4) is 0 Å². The lowest BCUT2D eigenvalue weighted by Gasteiger charge is -2.32. The van der Waals surface area contributed by atoms with Crippen LogP contribution in [-0.2, 0) is 17.7 Å². The topological polar surface area (TPSA) is 88.9 Å². The molecule has 0 bridgehead atoms. The van der Waals surface area contributed by atoms with Gasteiger partial charge in [-0.15, -0.1) is 11.3 Å². The van der Waals surface area contributed by atoms with Crippen LogP contribution in [0.15, 0.2) is 30.3 Å². The van der Waals surface area contributed by atoms with Crippen LogP contribution in [0, 0.1) is 11.3 Å². The zero-order valence-electron chi connectivity index (χ0n) is 18.9. The predicted molar refractivity (Wildman–Crippen MR) is 127 cm³/mol. The van der Waals surface area contributed by atoms with Crippen molar-refractivity contribution < 1.29 is 14.3 Å². The number of rotatable bonds is 6. The van der Waals surface area contributed by atoms with E-state index in [-0.39, 0.29) is 12.0 Å². The van der Waals surface area contributed by atoms with Crippen LogP contribution in [0.2, 0.25) is 0 Å². The van der Waals surface area contributed by atoms with Crippen molar-refractivity contribution in [3.05, 3.63) is 51.9 Å². The van der Waals surface area contributed by atoms with Crippen molar-refractivity contribution >= 4 is 28.3 Å². The number of carbonyl (C=O) groups excluding carboxylic acids is 2. The summed E-state index contributed by atoms with van der Waals surface area (Å²) in [5, 5.41) is 13.1. The van der Waals surface area contributed by atoms with Crippen molar-refractivity contribution in [3.63, 3.8) is 0 Å². The number of benzene rings is 1. The van der Waals surface area contributed by atoms with Gasteiger partial charge in [0.05, 0.1) is 18.7 Å². The second kappa shape index (κ2) is 10.8. The molecule has 0 spiro atoms. The molecule has 2 amide bonds. The number of thiophene rings is 1. The van der Waals surface area contributed by atoms with E-state index in [1.165, 1.54) is 11.3 Å². The molecule has 8 nitrogen and oxygen atoms in total. The summed E-state index contributed by atoms with van der Waals surface area (Å²) in [5.41, 5.74) is 1.96. The lowest BCUT2D eigenvalue weighted by atomic mass is 10.0. The van der Waals surface area contributed by atoms with Crippen LogP contribution >= 0.6 is 11.3 Å². The standard InChI is InChI=1S/C24H29N5O3S/c1-27-11-13-28(14-12-27)9-5-15-32-24(31)29-10-8-19-20(16-25)23(33-21(19)17-29)26-22(30)18-6-3-2-4-7-18/h2-4,6-7H,5,8-15,17H2,1H3,(H,26,30). The zero-order valence-corrected chi connectivity index (χ0v) is 19.7. The Balaban J connectivity index is 1.30. The highest BCUT2D eigenvalue weighted by Gasteiger charge is 2.28. The van der Waals surface area contributed by atoms with Gasteiger partial charge >= 0.3 is 6.09 Å². The molecule has 9 heteroatoms. The highest BCUT2D eigenvalue weighted by Crippen LogP contribution is 2.37. The van der Waals surface area contributed by atoms with Gasteiger partial charge in [-0.25, -0.2) is 4.79 Å². The van der Waals surface area contributed by atoms with Crippen molar-refractivity contribution in [2.75, 3.05) is 58.2 Å². The number of anilines is 1. The fraction of sp³-hybridized carbons (Fsp3) is 0.458. The molecule has 2 aromatic rings. The van der Waals surface area contributed by atoms with Crippen LogP contribution in [0.25, 0.3) is 0 Å². The third kappa shape index (κ3) is 5.71. The number of fused-ring (bicyclic) bond motifs is 1. The number of piperazine rings is 1. The van der Waals surface area contributed by atoms with E-state index in [1.54, 1.807) is 29.2 Å². The van der Waals surface area contributed by atoms with Gasteiger partial charge in [0.1, 0.15) is 11.1 Å². The Morgan fingerprint density at radius 1 is 1.15 bits per heavy atom. The largest absolute Gasteiger partial charge is 0.449 e. The molecule has 3 heterocycles. The molecule has 1 fully saturated rings. The number of hydrogen-bond donors (Lipinski definition) is 1. The lowest BCUT2D eigenvalue weighted by Crippen LogP contribution is -2.44. The van der Waals surface area contributed by atoms with Crippen LogP contribution in [0.4, 0.5) is 9.80 Å². The summed E-state index contributed by atoms with van der Waals surface area (Å²) in [7, 11) is 2.14. The van der Waals surface area contributed by atoms with E-state index in [2.05, 4.69) is 28.2 Å². The maximum atomic E-state index is 12.6. The Labute approximate surface area is 198 Å². The molecule has 0 unspecified atom stereocenters. The molecule has 4 rings (SSSR count). The number of nitriles is 1. The fourth-order valence-corrected chi connectivity index (χ4v) is 5.35. The van der Waals surface area contributed by atoms with Gasteiger partial charge in [-0.05, 0) is 37.6 Å². The van der Waals surface area contributed by atoms with Crippen LogP contribution in [-0.4, -0.2) is 79.6 Å². The van der Waals surface area contributed by atoms with Gasteiger partial charge in [-0.3, -0.25) is 4.79 Å². The summed E-state index contributed by atoms with van der Waals surface area (Å²) >= 11 is 1.36. The van der Waals surface area contributed by atoms with Crippen molar-refractivity contribution in [1.29, 1.82) is 5.26 Å². The molecule has 2 aliphatic heterocycles. The molecule has 1 aromatic carbocycles. The molecular weight excluding hydrogens is 438 g/mol. The number of hydrogen-bond acceptors (Lipinski definition) is 7. The summed E-state index contributed by atoms with van der Waals surface area (Å²) < 4.78 is 5.51. The van der Waals surface area contributed by atoms with Gasteiger partial charge in [-0.1, -0.05) is 18.2 Å². The first-order valence-corrected chi connectivity index (χ1v) is 12.1. The smallest absolute Gasteiger partial charge is 0.410 e. The zero-order chi connectivity index (χ0) is 23.2. The van der Waals surface area contributed by atoms with Crippen molar-refractivity contribution in [1.82, 2.24) is 14.7 Å². The highest BCUT2D eigenvalue weighted by molar-refractivity contribution is 7.16. The highest BCUT2D eigenvalue weighted by atomic mass is 32.1. The molecule has 0 aliphatic carbocycles. The van der Waals surface area contributed by atoms with Gasteiger partial charge in [0.25, 0.3) is 5.91 Å². The molecule has 33 heavy (non-hydrogen) atoms. The van der Waals surface area contributed by atoms with Gasteiger partial charge in [-0.2, -0.15) is 5.26 Å². The van der Waals surface area contributed by atoms with Crippen molar-refractivity contribution in [2.24, 2.45) is 0 Å². The molecule has 0 atom stereocenters. The Kier molecular flexibility index (Phi) is 7.60. The number of nitrogens with one attached hydrogen (secondary N) is 1. The first kappa shape index (κ1) is 23.2. The molecular formula is C24H29N5O3S. The van der Waals surface area contributed by atoms with E-state index in [1.807, 2.05) is 6.07 Å². The van der Waals surface area contributed by atoms with Gasteiger partial charge in [0.2, 0.25) is 0 Å². The first-order chi connectivity index (χ1) is 16.0. The average molecular weight is 468 g/mol. The van der Waals surface area contributed by atoms with Gasteiger partial charge in [0, 0.05) is 49.7 Å². The second-order valence-corrected chi connectivity index (χ2v) is 9.53. The summed E-state index contributed by atoms with van der Waals surface area (Å²) in [6.07, 6.45) is 1.08. The monoisotopic (exact) mass is 467 g/mol. The minimum Gasteiger partial charge on any atom is -0.449 e. The molecule has 1 N–H and O–H groups in total. The van der Waals surface area contributed by atoms with E-state index in [4.69, 9.17) is 4.74 Å². The summed E-state index contributed by atoms with van der Waals surface area (Å²) in [4.78, 5) is 32.5. The number of amides is 2. The van der Waals surface area contributed by atoms with E-state index in [0.29, 0.717) is 42.2 Å². The third-order valence-electron chi connectivity index (χ3n) is 6.13. The third-order valence-corrected chi connectivity index (χ3v) is 7.26. The van der Waals surface area contributed by atoms with Crippen molar-refractivity contribution in [3.8, 4) is 6.07 Å². The normalized spacial score (nSPS) is 16.7. The fourth-order valence-electron chi connectivity index (χ4n) is 4.14. The van der Waals surface area contributed by atoms with Crippen LogP contribution < -0.4 is 5.32 Å². The maximum absolute atomic E-state index is 12.6. The summed E-state index contributed by atoms with van der Waals surface area (Å²) in [5.74, 6) is -0.248. The number of carbonyl (C=O) groups is 2. The molecule has 174 valence electrons. The SMILES string of the molecule is CN1CCN(CCCOC(=O)N2CCc3c(sc(NC(=O)c4ccccc4)c3C#N)C2)CC1. The van der Waals surface area contributed by atoms with E-state index in [0.717, 1.165) is 49.6 Å². The number of ether oxygens (including phenoxy) is 1. The number of likely N-dealkylation sites (N-methyl/N-ethyl adjacent to an activating group) is 1. The van der Waals surface area contributed by atoms with E-state index in [9.17, 15) is 14.9 Å². The molecule has 0 radical (unpaired) electrons. The van der Waals surface area contributed by atoms with Crippen LogP contribution in [0.5, 0.6) is 0 Å². The Bertz CT molecular complexity index is 1020. The Morgan fingerprint density at radius 2 is 1.91 bits per heavy atom. The average Bonchev–Trinajstić information content (AvgIpc) is 3.19. The quantitative estimate of drug-likeness (QED) is 0.657. The first-order valence-electron chi connectivity index (χ1n) is 11.3.